The molecule has 4 heterocycles. The zero-order chi connectivity index (χ0) is 24.7. The number of para-hydroxylation sites is 3. The predicted octanol–water partition coefficient (Wildman–Crippen LogP) is 9.37. The quantitative estimate of drug-likeness (QED) is 0.235. The first-order valence-corrected chi connectivity index (χ1v) is 13.6. The smallest absolute Gasteiger partial charge is 0.0809 e. The Labute approximate surface area is 219 Å². The molecule has 3 heteroatoms. The van der Waals surface area contributed by atoms with Crippen LogP contribution in [0.1, 0.15) is 25.0 Å². The van der Waals surface area contributed by atoms with Crippen molar-refractivity contribution in [1.82, 2.24) is 9.55 Å². The van der Waals surface area contributed by atoms with Crippen molar-refractivity contribution in [1.29, 1.82) is 0 Å². The van der Waals surface area contributed by atoms with Gasteiger partial charge in [-0.3, -0.25) is 0 Å². The van der Waals surface area contributed by atoms with Crippen molar-refractivity contribution in [3.8, 4) is 26.7 Å². The highest BCUT2D eigenvalue weighted by Gasteiger charge is 2.35. The third-order valence-electron chi connectivity index (χ3n) is 8.02. The molecule has 0 aliphatic carbocycles. The predicted molar refractivity (Wildman–Crippen MR) is 157 cm³/mol. The molecule has 0 unspecified atom stereocenters. The Bertz CT molecular complexity index is 2020. The van der Waals surface area contributed by atoms with Gasteiger partial charge >= 0.3 is 0 Å². The fraction of sp³-hybridized carbons (Fsp3) is 0.0882. The van der Waals surface area contributed by atoms with E-state index in [1.54, 1.807) is 0 Å². The maximum atomic E-state index is 4.92. The summed E-state index contributed by atoms with van der Waals surface area (Å²) in [6, 6.07) is 39.6. The lowest BCUT2D eigenvalue weighted by molar-refractivity contribution is 0.630. The first-order chi connectivity index (χ1) is 18.1. The lowest BCUT2D eigenvalue weighted by Crippen LogP contribution is -2.26. The minimum atomic E-state index is -0.102. The van der Waals surface area contributed by atoms with Crippen LogP contribution in [-0.4, -0.2) is 9.55 Å². The highest BCUT2D eigenvalue weighted by Crippen LogP contribution is 2.48. The van der Waals surface area contributed by atoms with Gasteiger partial charge in [0, 0.05) is 26.5 Å². The van der Waals surface area contributed by atoms with Crippen molar-refractivity contribution in [2.24, 2.45) is 0 Å². The summed E-state index contributed by atoms with van der Waals surface area (Å²) in [5.41, 5.74) is 9.88. The van der Waals surface area contributed by atoms with E-state index in [1.807, 2.05) is 17.4 Å². The van der Waals surface area contributed by atoms with Gasteiger partial charge in [-0.2, -0.15) is 0 Å². The Morgan fingerprint density at radius 3 is 2.43 bits per heavy atom. The van der Waals surface area contributed by atoms with Crippen LogP contribution in [0, 0.1) is 0 Å². The van der Waals surface area contributed by atoms with Crippen LogP contribution in [0.25, 0.3) is 59.4 Å². The molecule has 37 heavy (non-hydrogen) atoms. The number of pyridine rings is 1. The molecular formula is C34H24N2S. The van der Waals surface area contributed by atoms with Crippen LogP contribution in [0.2, 0.25) is 0 Å². The Hall–Kier alpha value is -4.21. The SMILES string of the molecule is CC1(C)c2cc(-c3ccc(-c4ccc5ccccc5n4)s3)ccc2-n2c3ccccc3c3cccc1c32. The van der Waals surface area contributed by atoms with E-state index in [0.29, 0.717) is 0 Å². The summed E-state index contributed by atoms with van der Waals surface area (Å²) in [5, 5.41) is 3.83. The van der Waals surface area contributed by atoms with Crippen LogP contribution < -0.4 is 0 Å². The second-order valence-electron chi connectivity index (χ2n) is 10.5. The number of fused-ring (bicyclic) bond motifs is 6. The van der Waals surface area contributed by atoms with Gasteiger partial charge in [-0.1, -0.05) is 80.6 Å². The topological polar surface area (TPSA) is 17.8 Å². The summed E-state index contributed by atoms with van der Waals surface area (Å²) in [6.07, 6.45) is 0. The molecule has 4 aromatic carbocycles. The summed E-state index contributed by atoms with van der Waals surface area (Å²) in [7, 11) is 0. The fourth-order valence-corrected chi connectivity index (χ4v) is 7.11. The summed E-state index contributed by atoms with van der Waals surface area (Å²) in [4.78, 5) is 7.39. The third kappa shape index (κ3) is 2.89. The van der Waals surface area contributed by atoms with Crippen molar-refractivity contribution in [2.75, 3.05) is 0 Å². The molecular weight excluding hydrogens is 468 g/mol. The van der Waals surface area contributed by atoms with E-state index in [1.165, 1.54) is 59.3 Å². The molecule has 0 saturated carbocycles. The normalized spacial score (nSPS) is 13.9. The Kier molecular flexibility index (Phi) is 4.19. The maximum Gasteiger partial charge on any atom is 0.0809 e. The molecule has 0 spiro atoms. The summed E-state index contributed by atoms with van der Waals surface area (Å²) in [6.45, 7) is 4.73. The molecule has 0 radical (unpaired) electrons. The number of nitrogens with zero attached hydrogens (tertiary/aromatic N) is 2. The number of aromatic nitrogens is 2. The molecule has 3 aromatic heterocycles. The van der Waals surface area contributed by atoms with Crippen molar-refractivity contribution < 1.29 is 0 Å². The molecule has 0 bridgehead atoms. The average molecular weight is 493 g/mol. The summed E-state index contributed by atoms with van der Waals surface area (Å²) < 4.78 is 2.48. The van der Waals surface area contributed by atoms with Gasteiger partial charge in [0.1, 0.15) is 0 Å². The molecule has 8 rings (SSSR count). The molecule has 0 saturated heterocycles. The second kappa shape index (κ2) is 7.41. The Morgan fingerprint density at radius 2 is 1.49 bits per heavy atom. The van der Waals surface area contributed by atoms with E-state index in [0.717, 1.165) is 11.2 Å². The summed E-state index contributed by atoms with van der Waals surface area (Å²) in [5.74, 6) is 0. The van der Waals surface area contributed by atoms with Gasteiger partial charge in [0.2, 0.25) is 0 Å². The van der Waals surface area contributed by atoms with Crippen LogP contribution >= 0.6 is 11.3 Å². The Morgan fingerprint density at radius 1 is 0.676 bits per heavy atom. The largest absolute Gasteiger partial charge is 0.309 e. The molecule has 2 nitrogen and oxygen atoms in total. The van der Waals surface area contributed by atoms with Gasteiger partial charge in [0.05, 0.1) is 32.8 Å². The zero-order valence-electron chi connectivity index (χ0n) is 20.7. The maximum absolute atomic E-state index is 4.92. The van der Waals surface area contributed by atoms with E-state index in [9.17, 15) is 0 Å². The van der Waals surface area contributed by atoms with Crippen LogP contribution in [0.15, 0.2) is 109 Å². The highest BCUT2D eigenvalue weighted by atomic mass is 32.1. The number of thiophene rings is 1. The van der Waals surface area contributed by atoms with E-state index >= 15 is 0 Å². The van der Waals surface area contributed by atoms with Gasteiger partial charge in [-0.15, -0.1) is 11.3 Å². The molecule has 1 aliphatic heterocycles. The molecule has 176 valence electrons. The van der Waals surface area contributed by atoms with Crippen molar-refractivity contribution in [3.63, 3.8) is 0 Å². The van der Waals surface area contributed by atoms with Gasteiger partial charge in [0.15, 0.2) is 0 Å². The standard InChI is InChI=1S/C34H24N2S/c1-34(2)25-11-7-10-24-23-9-4-6-13-29(23)36(33(24)25)30-17-15-22(20-26(30)34)31-18-19-32(37-31)28-16-14-21-8-3-5-12-27(21)35-28/h3-20H,1-2H3. The van der Waals surface area contributed by atoms with E-state index in [4.69, 9.17) is 4.98 Å². The first-order valence-electron chi connectivity index (χ1n) is 12.7. The first kappa shape index (κ1) is 20.9. The number of hydrogen-bond acceptors (Lipinski definition) is 2. The average Bonchev–Trinajstić information content (AvgIpc) is 3.56. The lowest BCUT2D eigenvalue weighted by atomic mass is 9.74. The molecule has 1 aliphatic rings. The number of rotatable bonds is 2. The minimum absolute atomic E-state index is 0.102. The fourth-order valence-electron chi connectivity index (χ4n) is 6.14. The minimum Gasteiger partial charge on any atom is -0.309 e. The highest BCUT2D eigenvalue weighted by molar-refractivity contribution is 7.18. The van der Waals surface area contributed by atoms with Crippen LogP contribution in [-0.2, 0) is 5.41 Å². The van der Waals surface area contributed by atoms with Gasteiger partial charge in [-0.05, 0) is 59.2 Å². The summed E-state index contributed by atoms with van der Waals surface area (Å²) >= 11 is 1.81. The molecule has 0 atom stereocenters. The van der Waals surface area contributed by atoms with Crippen LogP contribution in [0.4, 0.5) is 0 Å². The molecule has 0 N–H and O–H groups in total. The zero-order valence-corrected chi connectivity index (χ0v) is 21.5. The molecule has 7 aromatic rings. The van der Waals surface area contributed by atoms with Gasteiger partial charge in [-0.25, -0.2) is 4.98 Å². The van der Waals surface area contributed by atoms with Crippen molar-refractivity contribution in [3.05, 3.63) is 120 Å². The van der Waals surface area contributed by atoms with E-state index in [2.05, 4.69) is 122 Å². The van der Waals surface area contributed by atoms with E-state index < -0.39 is 0 Å². The third-order valence-corrected chi connectivity index (χ3v) is 9.18. The number of hydrogen-bond donors (Lipinski definition) is 0. The van der Waals surface area contributed by atoms with Gasteiger partial charge in [0.25, 0.3) is 0 Å². The van der Waals surface area contributed by atoms with Crippen molar-refractivity contribution >= 4 is 44.0 Å². The monoisotopic (exact) mass is 492 g/mol. The second-order valence-corrected chi connectivity index (χ2v) is 11.5. The van der Waals surface area contributed by atoms with Crippen LogP contribution in [0.5, 0.6) is 0 Å². The van der Waals surface area contributed by atoms with Crippen molar-refractivity contribution in [2.45, 2.75) is 19.3 Å². The van der Waals surface area contributed by atoms with Gasteiger partial charge < -0.3 is 4.57 Å². The van der Waals surface area contributed by atoms with Crippen LogP contribution in [0.3, 0.4) is 0 Å². The molecule has 0 amide bonds. The number of benzene rings is 4. The van der Waals surface area contributed by atoms with E-state index in [-0.39, 0.29) is 5.41 Å². The lowest BCUT2D eigenvalue weighted by Gasteiger charge is -2.35. The Balaban J connectivity index is 1.30. The molecule has 0 fully saturated rings.